The maximum Gasteiger partial charge on any atom is 0.322 e. The molecule has 1 spiro atoms. The third-order valence-corrected chi connectivity index (χ3v) is 3.88. The van der Waals surface area contributed by atoms with Crippen LogP contribution in [0.2, 0.25) is 0 Å². The standard InChI is InChI=1S/C13H17N5O2/c1-8-7-9(2)15-11(14-8)18-5-3-13(4-6-18)10(19)16-12(20)17-13/h7H,3-6H2,1-2H3,(H2,16,17,19,20). The van der Waals surface area contributed by atoms with Crippen LogP contribution in [0, 0.1) is 13.8 Å². The molecule has 1 aromatic rings. The molecule has 7 heteroatoms. The van der Waals surface area contributed by atoms with E-state index in [0.717, 1.165) is 11.4 Å². The second-order valence-electron chi connectivity index (χ2n) is 5.43. The third-order valence-electron chi connectivity index (χ3n) is 3.88. The van der Waals surface area contributed by atoms with Gasteiger partial charge in [-0.2, -0.15) is 0 Å². The molecule has 106 valence electrons. The topological polar surface area (TPSA) is 87.2 Å². The van der Waals surface area contributed by atoms with Crippen molar-refractivity contribution in [3.8, 4) is 0 Å². The number of hydrogen-bond donors (Lipinski definition) is 2. The van der Waals surface area contributed by atoms with Crippen molar-refractivity contribution in [3.63, 3.8) is 0 Å². The van der Waals surface area contributed by atoms with Gasteiger partial charge in [0.25, 0.3) is 5.91 Å². The van der Waals surface area contributed by atoms with Crippen LogP contribution in [0.1, 0.15) is 24.2 Å². The van der Waals surface area contributed by atoms with E-state index in [1.54, 1.807) is 0 Å². The van der Waals surface area contributed by atoms with Crippen LogP contribution >= 0.6 is 0 Å². The van der Waals surface area contributed by atoms with Gasteiger partial charge < -0.3 is 10.2 Å². The number of imide groups is 1. The van der Waals surface area contributed by atoms with Crippen LogP contribution in [-0.2, 0) is 4.79 Å². The van der Waals surface area contributed by atoms with E-state index in [9.17, 15) is 9.59 Å². The van der Waals surface area contributed by atoms with Gasteiger partial charge in [0.1, 0.15) is 5.54 Å². The van der Waals surface area contributed by atoms with Crippen molar-refractivity contribution >= 4 is 17.9 Å². The minimum Gasteiger partial charge on any atom is -0.341 e. The van der Waals surface area contributed by atoms with Crippen molar-refractivity contribution in [2.75, 3.05) is 18.0 Å². The first-order valence-corrected chi connectivity index (χ1v) is 6.69. The number of nitrogens with zero attached hydrogens (tertiary/aromatic N) is 3. The van der Waals surface area contributed by atoms with Gasteiger partial charge in [0.2, 0.25) is 5.95 Å². The number of hydrogen-bond acceptors (Lipinski definition) is 5. The summed E-state index contributed by atoms with van der Waals surface area (Å²) in [5.74, 6) is 0.477. The zero-order chi connectivity index (χ0) is 14.3. The molecule has 0 radical (unpaired) electrons. The molecule has 2 saturated heterocycles. The lowest BCUT2D eigenvalue weighted by molar-refractivity contribution is -0.124. The number of amides is 3. The normalized spacial score (nSPS) is 21.0. The van der Waals surface area contributed by atoms with Crippen molar-refractivity contribution < 1.29 is 9.59 Å². The van der Waals surface area contributed by atoms with E-state index in [-0.39, 0.29) is 5.91 Å². The lowest BCUT2D eigenvalue weighted by atomic mass is 9.88. The highest BCUT2D eigenvalue weighted by Gasteiger charge is 2.48. The second kappa shape index (κ2) is 4.43. The van der Waals surface area contributed by atoms with Crippen molar-refractivity contribution in [2.45, 2.75) is 32.2 Å². The number of carbonyl (C=O) groups is 2. The van der Waals surface area contributed by atoms with Crippen LogP contribution < -0.4 is 15.5 Å². The molecule has 0 aliphatic carbocycles. The van der Waals surface area contributed by atoms with Gasteiger partial charge in [0.05, 0.1) is 0 Å². The van der Waals surface area contributed by atoms with Crippen LogP contribution in [-0.4, -0.2) is 40.5 Å². The molecule has 0 aromatic carbocycles. The maximum absolute atomic E-state index is 11.9. The molecule has 0 bridgehead atoms. The van der Waals surface area contributed by atoms with E-state index in [2.05, 4.69) is 25.5 Å². The first kappa shape index (κ1) is 12.8. The number of aromatic nitrogens is 2. The fourth-order valence-electron chi connectivity index (χ4n) is 2.82. The lowest BCUT2D eigenvalue weighted by Gasteiger charge is -2.37. The highest BCUT2D eigenvalue weighted by molar-refractivity contribution is 6.07. The number of rotatable bonds is 1. The quantitative estimate of drug-likeness (QED) is 0.718. The highest BCUT2D eigenvalue weighted by Crippen LogP contribution is 2.27. The molecular weight excluding hydrogens is 258 g/mol. The van der Waals surface area contributed by atoms with Crippen LogP contribution in [0.15, 0.2) is 6.07 Å². The van der Waals surface area contributed by atoms with E-state index in [1.165, 1.54) is 0 Å². The second-order valence-corrected chi connectivity index (χ2v) is 5.43. The van der Waals surface area contributed by atoms with Crippen molar-refractivity contribution in [3.05, 3.63) is 17.5 Å². The molecule has 2 fully saturated rings. The zero-order valence-corrected chi connectivity index (χ0v) is 11.6. The van der Waals surface area contributed by atoms with E-state index < -0.39 is 11.6 Å². The highest BCUT2D eigenvalue weighted by atomic mass is 16.2. The SMILES string of the molecule is Cc1cc(C)nc(N2CCC3(CC2)NC(=O)NC3=O)n1. The van der Waals surface area contributed by atoms with Gasteiger partial charge in [-0.3, -0.25) is 10.1 Å². The molecule has 1 aromatic heterocycles. The van der Waals surface area contributed by atoms with E-state index in [1.807, 2.05) is 19.9 Å². The number of nitrogens with one attached hydrogen (secondary N) is 2. The molecule has 2 aliphatic heterocycles. The van der Waals surface area contributed by atoms with Crippen LogP contribution in [0.4, 0.5) is 10.7 Å². The molecular formula is C13H17N5O2. The summed E-state index contributed by atoms with van der Waals surface area (Å²) in [4.78, 5) is 34.1. The number of aryl methyl sites for hydroxylation is 2. The average molecular weight is 275 g/mol. The van der Waals surface area contributed by atoms with Gasteiger partial charge in [0, 0.05) is 24.5 Å². The van der Waals surface area contributed by atoms with Gasteiger partial charge in [-0.05, 0) is 32.8 Å². The van der Waals surface area contributed by atoms with Crippen molar-refractivity contribution in [2.24, 2.45) is 0 Å². The fourth-order valence-corrected chi connectivity index (χ4v) is 2.82. The Bertz CT molecular complexity index is 558. The van der Waals surface area contributed by atoms with E-state index in [4.69, 9.17) is 0 Å². The molecule has 3 rings (SSSR count). The summed E-state index contributed by atoms with van der Waals surface area (Å²) in [6, 6.07) is 1.53. The number of urea groups is 1. The first-order chi connectivity index (χ1) is 9.48. The molecule has 0 saturated carbocycles. The molecule has 2 N–H and O–H groups in total. The Labute approximate surface area is 116 Å². The number of piperidine rings is 1. The summed E-state index contributed by atoms with van der Waals surface area (Å²) >= 11 is 0. The summed E-state index contributed by atoms with van der Waals surface area (Å²) in [7, 11) is 0. The van der Waals surface area contributed by atoms with Crippen LogP contribution in [0.3, 0.4) is 0 Å². The predicted molar refractivity (Wildman–Crippen MR) is 72.4 cm³/mol. The molecule has 20 heavy (non-hydrogen) atoms. The predicted octanol–water partition coefficient (Wildman–Crippen LogP) is 0.272. The fraction of sp³-hybridized carbons (Fsp3) is 0.538. The summed E-state index contributed by atoms with van der Waals surface area (Å²) in [5.41, 5.74) is 1.12. The Morgan fingerprint density at radius 1 is 1.15 bits per heavy atom. The van der Waals surface area contributed by atoms with Crippen LogP contribution in [0.25, 0.3) is 0 Å². The Balaban J connectivity index is 1.75. The third kappa shape index (κ3) is 2.09. The number of carbonyl (C=O) groups excluding carboxylic acids is 2. The van der Waals surface area contributed by atoms with Gasteiger partial charge in [-0.25, -0.2) is 14.8 Å². The van der Waals surface area contributed by atoms with Gasteiger partial charge in [0.15, 0.2) is 0 Å². The Morgan fingerprint density at radius 2 is 1.75 bits per heavy atom. The monoisotopic (exact) mass is 275 g/mol. The first-order valence-electron chi connectivity index (χ1n) is 6.69. The average Bonchev–Trinajstić information content (AvgIpc) is 2.63. The van der Waals surface area contributed by atoms with E-state index in [0.29, 0.717) is 31.9 Å². The summed E-state index contributed by atoms with van der Waals surface area (Å²) in [6.45, 7) is 5.18. The molecule has 0 unspecified atom stereocenters. The van der Waals surface area contributed by atoms with E-state index >= 15 is 0 Å². The molecule has 3 heterocycles. The minimum absolute atomic E-state index is 0.219. The van der Waals surface area contributed by atoms with Gasteiger partial charge in [-0.1, -0.05) is 0 Å². The Morgan fingerprint density at radius 3 is 2.25 bits per heavy atom. The molecule has 3 amide bonds. The van der Waals surface area contributed by atoms with Crippen molar-refractivity contribution in [1.29, 1.82) is 0 Å². The maximum atomic E-state index is 11.9. The summed E-state index contributed by atoms with van der Waals surface area (Å²) in [6.07, 6.45) is 1.14. The molecule has 2 aliphatic rings. The summed E-state index contributed by atoms with van der Waals surface area (Å²) in [5, 5.41) is 5.06. The van der Waals surface area contributed by atoms with Gasteiger partial charge >= 0.3 is 6.03 Å². The van der Waals surface area contributed by atoms with Gasteiger partial charge in [-0.15, -0.1) is 0 Å². The molecule has 7 nitrogen and oxygen atoms in total. The Kier molecular flexibility index (Phi) is 2.84. The minimum atomic E-state index is -0.744. The summed E-state index contributed by atoms with van der Waals surface area (Å²) < 4.78 is 0. The number of anilines is 1. The zero-order valence-electron chi connectivity index (χ0n) is 11.6. The van der Waals surface area contributed by atoms with Crippen molar-refractivity contribution in [1.82, 2.24) is 20.6 Å². The Hall–Kier alpha value is -2.18. The lowest BCUT2D eigenvalue weighted by Crippen LogP contribution is -2.55. The largest absolute Gasteiger partial charge is 0.341 e. The smallest absolute Gasteiger partial charge is 0.322 e. The molecule has 0 atom stereocenters. The van der Waals surface area contributed by atoms with Crippen LogP contribution in [0.5, 0.6) is 0 Å².